The lowest BCUT2D eigenvalue weighted by molar-refractivity contribution is 0.305. The van der Waals surface area contributed by atoms with E-state index in [0.29, 0.717) is 16.7 Å². The number of hydrogen-bond donors (Lipinski definition) is 2. The van der Waals surface area contributed by atoms with Gasteiger partial charge in [0.1, 0.15) is 0 Å². The minimum absolute atomic E-state index is 0.183. The standard InChI is InChI=1S/C11H14N4O/c1-11(5-2-6-11)13-8-4-3-7(12)9-10(8)15-16-14-9/h3-4,13H,2,5-6,12H2,1H3. The first kappa shape index (κ1) is 9.45. The van der Waals surface area contributed by atoms with Crippen molar-refractivity contribution in [1.29, 1.82) is 0 Å². The maximum atomic E-state index is 5.79. The van der Waals surface area contributed by atoms with E-state index in [1.165, 1.54) is 19.3 Å². The molecule has 0 amide bonds. The lowest BCUT2D eigenvalue weighted by Crippen LogP contribution is -2.41. The van der Waals surface area contributed by atoms with E-state index in [1.807, 2.05) is 12.1 Å². The van der Waals surface area contributed by atoms with Crippen molar-refractivity contribution in [2.75, 3.05) is 11.1 Å². The van der Waals surface area contributed by atoms with Gasteiger partial charge in [0.05, 0.1) is 11.4 Å². The van der Waals surface area contributed by atoms with Crippen molar-refractivity contribution in [3.8, 4) is 0 Å². The number of hydrogen-bond acceptors (Lipinski definition) is 5. The van der Waals surface area contributed by atoms with E-state index in [-0.39, 0.29) is 5.54 Å². The average Bonchev–Trinajstić information content (AvgIpc) is 2.69. The number of nitrogen functional groups attached to an aromatic ring is 1. The molecule has 0 radical (unpaired) electrons. The zero-order valence-electron chi connectivity index (χ0n) is 9.16. The summed E-state index contributed by atoms with van der Waals surface area (Å²) in [5.74, 6) is 0. The largest absolute Gasteiger partial charge is 0.397 e. The van der Waals surface area contributed by atoms with E-state index in [0.717, 1.165) is 5.69 Å². The van der Waals surface area contributed by atoms with Crippen molar-refractivity contribution >= 4 is 22.4 Å². The lowest BCUT2D eigenvalue weighted by Gasteiger charge is -2.40. The fraction of sp³-hybridized carbons (Fsp3) is 0.455. The Kier molecular flexibility index (Phi) is 1.83. The molecule has 84 valence electrons. The van der Waals surface area contributed by atoms with Crippen LogP contribution in [0.1, 0.15) is 26.2 Å². The van der Waals surface area contributed by atoms with Gasteiger partial charge in [-0.1, -0.05) is 0 Å². The molecule has 1 saturated carbocycles. The van der Waals surface area contributed by atoms with Gasteiger partial charge in [-0.15, -0.1) is 0 Å². The molecule has 5 heteroatoms. The molecule has 0 unspecified atom stereocenters. The summed E-state index contributed by atoms with van der Waals surface area (Å²) >= 11 is 0. The van der Waals surface area contributed by atoms with Gasteiger partial charge in [0, 0.05) is 5.54 Å². The molecule has 0 aliphatic heterocycles. The second kappa shape index (κ2) is 3.10. The van der Waals surface area contributed by atoms with E-state index in [4.69, 9.17) is 10.4 Å². The summed E-state index contributed by atoms with van der Waals surface area (Å²) in [6, 6.07) is 3.77. The quantitative estimate of drug-likeness (QED) is 0.755. The van der Waals surface area contributed by atoms with Gasteiger partial charge >= 0.3 is 0 Å². The zero-order chi connectivity index (χ0) is 11.2. The van der Waals surface area contributed by atoms with Crippen LogP contribution in [0.4, 0.5) is 11.4 Å². The summed E-state index contributed by atoms with van der Waals surface area (Å²) in [4.78, 5) is 0. The van der Waals surface area contributed by atoms with E-state index in [1.54, 1.807) is 0 Å². The van der Waals surface area contributed by atoms with Crippen molar-refractivity contribution in [3.05, 3.63) is 12.1 Å². The maximum Gasteiger partial charge on any atom is 0.160 e. The second-order valence-corrected chi connectivity index (χ2v) is 4.70. The van der Waals surface area contributed by atoms with Gasteiger partial charge in [-0.05, 0) is 48.6 Å². The molecule has 0 atom stereocenters. The smallest absolute Gasteiger partial charge is 0.160 e. The molecule has 1 aliphatic carbocycles. The highest BCUT2D eigenvalue weighted by Gasteiger charge is 2.32. The number of aromatic nitrogens is 2. The third-order valence-corrected chi connectivity index (χ3v) is 3.34. The van der Waals surface area contributed by atoms with Gasteiger partial charge in [0.15, 0.2) is 11.0 Å². The van der Waals surface area contributed by atoms with E-state index >= 15 is 0 Å². The van der Waals surface area contributed by atoms with Crippen LogP contribution in [0.15, 0.2) is 16.8 Å². The molecule has 0 spiro atoms. The highest BCUT2D eigenvalue weighted by atomic mass is 16.6. The summed E-state index contributed by atoms with van der Waals surface area (Å²) in [5, 5.41) is 11.2. The fourth-order valence-electron chi connectivity index (χ4n) is 2.14. The van der Waals surface area contributed by atoms with Crippen molar-refractivity contribution in [1.82, 2.24) is 10.3 Å². The Hall–Kier alpha value is -1.78. The van der Waals surface area contributed by atoms with Crippen molar-refractivity contribution in [2.24, 2.45) is 0 Å². The predicted molar refractivity (Wildman–Crippen MR) is 62.1 cm³/mol. The summed E-state index contributed by atoms with van der Waals surface area (Å²) in [7, 11) is 0. The molecule has 16 heavy (non-hydrogen) atoms. The molecule has 1 fully saturated rings. The Morgan fingerprint density at radius 2 is 2.06 bits per heavy atom. The summed E-state index contributed by atoms with van der Waals surface area (Å²) in [6.45, 7) is 2.21. The number of fused-ring (bicyclic) bond motifs is 1. The second-order valence-electron chi connectivity index (χ2n) is 4.70. The summed E-state index contributed by atoms with van der Waals surface area (Å²) < 4.78 is 4.73. The van der Waals surface area contributed by atoms with Crippen LogP contribution in [0, 0.1) is 0 Å². The number of nitrogens with zero attached hydrogens (tertiary/aromatic N) is 2. The minimum atomic E-state index is 0.183. The lowest BCUT2D eigenvalue weighted by atomic mass is 9.78. The molecule has 2 aromatic rings. The first-order chi connectivity index (χ1) is 7.68. The molecule has 5 nitrogen and oxygen atoms in total. The van der Waals surface area contributed by atoms with Gasteiger partial charge in [-0.3, -0.25) is 0 Å². The van der Waals surface area contributed by atoms with Gasteiger partial charge < -0.3 is 11.1 Å². The number of benzene rings is 1. The molecular formula is C11H14N4O. The molecule has 3 rings (SSSR count). The predicted octanol–water partition coefficient (Wildman–Crippen LogP) is 2.16. The van der Waals surface area contributed by atoms with Crippen molar-refractivity contribution < 1.29 is 4.63 Å². The Morgan fingerprint density at radius 1 is 1.31 bits per heavy atom. The van der Waals surface area contributed by atoms with Gasteiger partial charge in [0.25, 0.3) is 0 Å². The Bertz CT molecular complexity index is 530. The molecular weight excluding hydrogens is 204 g/mol. The highest BCUT2D eigenvalue weighted by molar-refractivity contribution is 5.95. The van der Waals surface area contributed by atoms with Gasteiger partial charge in [0.2, 0.25) is 0 Å². The van der Waals surface area contributed by atoms with Gasteiger partial charge in [-0.2, -0.15) is 0 Å². The van der Waals surface area contributed by atoms with E-state index in [9.17, 15) is 0 Å². The highest BCUT2D eigenvalue weighted by Crippen LogP contribution is 2.36. The minimum Gasteiger partial charge on any atom is -0.397 e. The van der Waals surface area contributed by atoms with Crippen LogP contribution in [0.5, 0.6) is 0 Å². The van der Waals surface area contributed by atoms with Crippen LogP contribution in [-0.4, -0.2) is 15.9 Å². The SMILES string of the molecule is CC1(Nc2ccc(N)c3nonc23)CCC1. The number of rotatable bonds is 2. The van der Waals surface area contributed by atoms with Crippen LogP contribution in [-0.2, 0) is 0 Å². The van der Waals surface area contributed by atoms with Crippen molar-refractivity contribution in [3.63, 3.8) is 0 Å². The molecule has 1 heterocycles. The first-order valence-corrected chi connectivity index (χ1v) is 5.47. The normalized spacial score (nSPS) is 18.3. The summed E-state index contributed by atoms with van der Waals surface area (Å²) in [6.07, 6.45) is 3.65. The van der Waals surface area contributed by atoms with Crippen LogP contribution in [0.25, 0.3) is 11.0 Å². The molecule has 1 aliphatic rings. The Balaban J connectivity index is 2.03. The monoisotopic (exact) mass is 218 g/mol. The summed E-state index contributed by atoms with van der Waals surface area (Å²) in [5.41, 5.74) is 8.87. The Morgan fingerprint density at radius 3 is 2.75 bits per heavy atom. The number of nitrogens with two attached hydrogens (primary N) is 1. The van der Waals surface area contributed by atoms with Gasteiger partial charge in [-0.25, -0.2) is 4.63 Å². The van der Waals surface area contributed by atoms with Crippen LogP contribution < -0.4 is 11.1 Å². The average molecular weight is 218 g/mol. The first-order valence-electron chi connectivity index (χ1n) is 5.47. The molecule has 3 N–H and O–H groups in total. The molecule has 1 aromatic heterocycles. The zero-order valence-corrected chi connectivity index (χ0v) is 9.16. The number of nitrogens with one attached hydrogen (secondary N) is 1. The fourth-order valence-corrected chi connectivity index (χ4v) is 2.14. The topological polar surface area (TPSA) is 77.0 Å². The van der Waals surface area contributed by atoms with Crippen LogP contribution in [0.3, 0.4) is 0 Å². The van der Waals surface area contributed by atoms with Crippen molar-refractivity contribution in [2.45, 2.75) is 31.7 Å². The molecule has 1 aromatic carbocycles. The van der Waals surface area contributed by atoms with Crippen LogP contribution in [0.2, 0.25) is 0 Å². The number of anilines is 2. The maximum absolute atomic E-state index is 5.79. The van der Waals surface area contributed by atoms with E-state index in [2.05, 4.69) is 22.6 Å². The third kappa shape index (κ3) is 1.31. The molecule has 0 saturated heterocycles. The van der Waals surface area contributed by atoms with E-state index < -0.39 is 0 Å². The Labute approximate surface area is 93.0 Å². The van der Waals surface area contributed by atoms with Crippen LogP contribution >= 0.6 is 0 Å². The third-order valence-electron chi connectivity index (χ3n) is 3.34. The molecule has 0 bridgehead atoms.